The number of likely N-dealkylation sites (N-methyl/N-ethyl adjacent to an activating group) is 1. The molecule has 0 aromatic heterocycles. The molecule has 3 atom stereocenters. The van der Waals surface area contributed by atoms with Crippen molar-refractivity contribution < 1.29 is 9.47 Å². The first-order valence-electron chi connectivity index (χ1n) is 9.22. The highest BCUT2D eigenvalue weighted by Crippen LogP contribution is 2.54. The average Bonchev–Trinajstić information content (AvgIpc) is 3.20. The number of nitriles is 3. The molecule has 2 aliphatic heterocycles. The Bertz CT molecular complexity index is 980. The van der Waals surface area contributed by atoms with E-state index < -0.39 is 17.3 Å². The summed E-state index contributed by atoms with van der Waals surface area (Å²) in [5.41, 5.74) is -0.231. The Kier molecular flexibility index (Phi) is 4.30. The third-order valence-corrected chi connectivity index (χ3v) is 6.07. The summed E-state index contributed by atoms with van der Waals surface area (Å²) in [7, 11) is 0. The van der Waals surface area contributed by atoms with Gasteiger partial charge in [-0.2, -0.15) is 15.8 Å². The van der Waals surface area contributed by atoms with E-state index in [1.54, 1.807) is 12.1 Å². The molecule has 28 heavy (non-hydrogen) atoms. The van der Waals surface area contributed by atoms with Gasteiger partial charge in [-0.3, -0.25) is 4.90 Å². The number of fused-ring (bicyclic) bond motifs is 2. The Morgan fingerprint density at radius 1 is 1.21 bits per heavy atom. The molecule has 140 valence electrons. The lowest BCUT2D eigenvalue weighted by atomic mass is 9.54. The second-order valence-corrected chi connectivity index (χ2v) is 7.26. The second kappa shape index (κ2) is 6.68. The average molecular weight is 373 g/mol. The molecule has 1 unspecified atom stereocenters. The Morgan fingerprint density at radius 2 is 1.96 bits per heavy atom. The van der Waals surface area contributed by atoms with E-state index in [1.165, 1.54) is 0 Å². The highest BCUT2D eigenvalue weighted by Gasteiger charge is 2.57. The molecule has 7 heteroatoms. The minimum absolute atomic E-state index is 0.130. The van der Waals surface area contributed by atoms with E-state index in [2.05, 4.69) is 30.0 Å². The summed E-state index contributed by atoms with van der Waals surface area (Å²) < 4.78 is 10.9. The fraction of sp³-hybridized carbons (Fsp3) is 0.429. The molecule has 2 heterocycles. The van der Waals surface area contributed by atoms with E-state index in [4.69, 9.17) is 14.9 Å². The number of benzene rings is 1. The normalized spacial score (nSPS) is 27.7. The minimum atomic E-state index is -1.70. The number of hydrogen-bond acceptors (Lipinski definition) is 7. The smallest absolute Gasteiger partial charge is 0.231 e. The summed E-state index contributed by atoms with van der Waals surface area (Å²) in [4.78, 5) is 2.22. The highest BCUT2D eigenvalue weighted by molar-refractivity contribution is 6.00. The lowest BCUT2D eigenvalue weighted by Gasteiger charge is -2.47. The lowest BCUT2D eigenvalue weighted by Crippen LogP contribution is -2.52. The molecule has 0 bridgehead atoms. The molecule has 1 aromatic carbocycles. The first-order valence-corrected chi connectivity index (χ1v) is 9.22. The highest BCUT2D eigenvalue weighted by atomic mass is 16.7. The Labute approximate surface area is 163 Å². The first kappa shape index (κ1) is 18.0. The molecule has 0 radical (unpaired) electrons. The molecule has 1 fully saturated rings. The fourth-order valence-electron chi connectivity index (χ4n) is 4.61. The van der Waals surface area contributed by atoms with Crippen LogP contribution < -0.4 is 9.47 Å². The van der Waals surface area contributed by atoms with Gasteiger partial charge in [0.15, 0.2) is 16.9 Å². The van der Waals surface area contributed by atoms with Gasteiger partial charge in [-0.1, -0.05) is 19.1 Å². The van der Waals surface area contributed by atoms with Gasteiger partial charge in [-0.05, 0) is 29.8 Å². The van der Waals surface area contributed by atoms with Crippen LogP contribution in [-0.2, 0) is 0 Å². The maximum atomic E-state index is 10.1. The zero-order valence-corrected chi connectivity index (χ0v) is 15.5. The molecule has 7 nitrogen and oxygen atoms in total. The Hall–Kier alpha value is -3.34. The molecule has 0 amide bonds. The summed E-state index contributed by atoms with van der Waals surface area (Å²) >= 11 is 0. The molecule has 4 rings (SSSR count). The zero-order chi connectivity index (χ0) is 19.9. The van der Waals surface area contributed by atoms with E-state index in [0.717, 1.165) is 17.7 Å². The van der Waals surface area contributed by atoms with Crippen LogP contribution in [0.1, 0.15) is 18.4 Å². The van der Waals surface area contributed by atoms with E-state index in [1.807, 2.05) is 12.1 Å². The third-order valence-electron chi connectivity index (χ3n) is 6.07. The molecule has 1 saturated carbocycles. The minimum Gasteiger partial charge on any atom is -0.454 e. The van der Waals surface area contributed by atoms with Crippen molar-refractivity contribution in [2.45, 2.75) is 12.8 Å². The predicted molar refractivity (Wildman–Crippen MR) is 99.5 cm³/mol. The number of nitrogens with zero attached hydrogens (tertiary/aromatic N) is 4. The van der Waals surface area contributed by atoms with Gasteiger partial charge < -0.3 is 14.9 Å². The molecule has 1 N–H and O–H groups in total. The van der Waals surface area contributed by atoms with Crippen molar-refractivity contribution in [3.05, 3.63) is 35.4 Å². The fourth-order valence-corrected chi connectivity index (χ4v) is 4.61. The quantitative estimate of drug-likeness (QED) is 0.796. The summed E-state index contributed by atoms with van der Waals surface area (Å²) in [5, 5.41) is 38.5. The number of hydrogen-bond donors (Lipinski definition) is 1. The second-order valence-electron chi connectivity index (χ2n) is 7.26. The molecule has 1 aliphatic carbocycles. The van der Waals surface area contributed by atoms with Crippen molar-refractivity contribution in [3.63, 3.8) is 0 Å². The number of nitrogens with one attached hydrogen (secondary N) is 1. The number of rotatable bonds is 2. The predicted octanol–water partition coefficient (Wildman–Crippen LogP) is 2.58. The maximum absolute atomic E-state index is 10.1. The largest absolute Gasteiger partial charge is 0.454 e. The van der Waals surface area contributed by atoms with Crippen LogP contribution in [0, 0.1) is 56.7 Å². The van der Waals surface area contributed by atoms with E-state index in [9.17, 15) is 15.8 Å². The van der Waals surface area contributed by atoms with Gasteiger partial charge in [-0.15, -0.1) is 0 Å². The molecular weight excluding hydrogens is 354 g/mol. The van der Waals surface area contributed by atoms with Crippen LogP contribution in [0.25, 0.3) is 0 Å². The summed E-state index contributed by atoms with van der Waals surface area (Å²) in [6.07, 6.45) is 2.00. The van der Waals surface area contributed by atoms with Gasteiger partial charge >= 0.3 is 0 Å². The topological polar surface area (TPSA) is 117 Å². The third kappa shape index (κ3) is 2.39. The van der Waals surface area contributed by atoms with Crippen LogP contribution in [-0.4, -0.2) is 37.0 Å². The first-order chi connectivity index (χ1) is 13.6. The van der Waals surface area contributed by atoms with Gasteiger partial charge in [0.1, 0.15) is 5.92 Å². The molecule has 0 spiro atoms. The summed E-state index contributed by atoms with van der Waals surface area (Å²) in [6.45, 7) is 4.36. The van der Waals surface area contributed by atoms with Crippen molar-refractivity contribution in [3.8, 4) is 29.7 Å². The Balaban J connectivity index is 1.92. The van der Waals surface area contributed by atoms with E-state index in [0.29, 0.717) is 24.6 Å². The van der Waals surface area contributed by atoms with Crippen LogP contribution in [0.5, 0.6) is 11.5 Å². The van der Waals surface area contributed by atoms with Crippen LogP contribution in [0.4, 0.5) is 0 Å². The van der Waals surface area contributed by atoms with Gasteiger partial charge in [0.05, 0.1) is 23.9 Å². The number of ether oxygens (including phenoxy) is 2. The van der Waals surface area contributed by atoms with Crippen molar-refractivity contribution in [2.75, 3.05) is 26.4 Å². The molecule has 3 aliphatic rings. The van der Waals surface area contributed by atoms with Crippen LogP contribution in [0.2, 0.25) is 0 Å². The lowest BCUT2D eigenvalue weighted by molar-refractivity contribution is 0.173. The molecular formula is C21H19N5O2. The van der Waals surface area contributed by atoms with Gasteiger partial charge in [0.2, 0.25) is 6.79 Å². The summed E-state index contributed by atoms with van der Waals surface area (Å²) in [5.74, 6) is -0.404. The van der Waals surface area contributed by atoms with Crippen molar-refractivity contribution in [1.82, 2.24) is 4.90 Å². The standard InChI is InChI=1S/C21H19N5O2/c1-2-26-6-5-14-15(8-22)20(25)21(10-23,11-24)19(16(14)9-26)13-3-4-17-18(7-13)28-12-27-17/h3-5,7,15-16,19,25H,2,6,9,12H2,1H3/t15?,16-,19+/m0/s1. The van der Waals surface area contributed by atoms with Crippen LogP contribution >= 0.6 is 0 Å². The van der Waals surface area contributed by atoms with Crippen molar-refractivity contribution >= 4 is 5.71 Å². The summed E-state index contributed by atoms with van der Waals surface area (Å²) in [6, 6.07) is 11.8. The van der Waals surface area contributed by atoms with Crippen LogP contribution in [0.15, 0.2) is 29.8 Å². The molecule has 0 saturated heterocycles. The Morgan fingerprint density at radius 3 is 2.64 bits per heavy atom. The van der Waals surface area contributed by atoms with Crippen molar-refractivity contribution in [1.29, 1.82) is 21.2 Å². The van der Waals surface area contributed by atoms with Gasteiger partial charge in [0, 0.05) is 24.9 Å². The van der Waals surface area contributed by atoms with E-state index >= 15 is 0 Å². The zero-order valence-electron chi connectivity index (χ0n) is 15.5. The van der Waals surface area contributed by atoms with E-state index in [-0.39, 0.29) is 18.4 Å². The van der Waals surface area contributed by atoms with Gasteiger partial charge in [0.25, 0.3) is 0 Å². The van der Waals surface area contributed by atoms with Gasteiger partial charge in [-0.25, -0.2) is 0 Å². The molecule has 1 aromatic rings. The SMILES string of the molecule is CCN1CC=C2C(C#N)C(=N)C(C#N)(C#N)[C@H](c3ccc4c(c3)OCO4)[C@H]2C1. The monoisotopic (exact) mass is 373 g/mol. The van der Waals surface area contributed by atoms with Crippen molar-refractivity contribution in [2.24, 2.45) is 17.3 Å². The maximum Gasteiger partial charge on any atom is 0.231 e. The van der Waals surface area contributed by atoms with Crippen LogP contribution in [0.3, 0.4) is 0 Å².